The number of pyridine rings is 1. The van der Waals surface area contributed by atoms with E-state index < -0.39 is 12.0 Å². The molecule has 2 heterocycles. The van der Waals surface area contributed by atoms with E-state index in [2.05, 4.69) is 20.9 Å². The first-order valence-electron chi connectivity index (χ1n) is 8.87. The highest BCUT2D eigenvalue weighted by molar-refractivity contribution is 9.10. The van der Waals surface area contributed by atoms with Crippen molar-refractivity contribution < 1.29 is 19.4 Å². The van der Waals surface area contributed by atoms with Gasteiger partial charge < -0.3 is 14.6 Å². The second-order valence-electron chi connectivity index (χ2n) is 6.47. The number of halogens is 1. The number of nitrogens with zero attached hydrogens (tertiary/aromatic N) is 2. The lowest BCUT2D eigenvalue weighted by Crippen LogP contribution is -2.47. The van der Waals surface area contributed by atoms with Crippen molar-refractivity contribution in [3.8, 4) is 11.5 Å². The van der Waals surface area contributed by atoms with E-state index in [-0.39, 0.29) is 6.04 Å². The maximum Gasteiger partial charge on any atom is 0.320 e. The van der Waals surface area contributed by atoms with Crippen molar-refractivity contribution in [2.24, 2.45) is 0 Å². The molecular weight excluding hydrogens is 412 g/mol. The predicted octanol–water partition coefficient (Wildman–Crippen LogP) is 3.89. The monoisotopic (exact) mass is 434 g/mol. The van der Waals surface area contributed by atoms with Gasteiger partial charge in [-0.05, 0) is 49.2 Å². The third kappa shape index (κ3) is 4.09. The van der Waals surface area contributed by atoms with Crippen molar-refractivity contribution in [2.75, 3.05) is 20.8 Å². The molecule has 0 amide bonds. The number of benzene rings is 1. The van der Waals surface area contributed by atoms with E-state index >= 15 is 0 Å². The minimum absolute atomic E-state index is 0.304. The van der Waals surface area contributed by atoms with Crippen LogP contribution in [-0.2, 0) is 4.79 Å². The van der Waals surface area contributed by atoms with Gasteiger partial charge in [0.05, 0.1) is 26.0 Å². The average Bonchev–Trinajstić information content (AvgIpc) is 2.70. The molecule has 1 N–H and O–H groups in total. The zero-order valence-electron chi connectivity index (χ0n) is 15.4. The number of likely N-dealkylation sites (tertiary alicyclic amines) is 1. The van der Waals surface area contributed by atoms with Crippen LogP contribution in [0.5, 0.6) is 11.5 Å². The summed E-state index contributed by atoms with van der Waals surface area (Å²) < 4.78 is 11.7. The highest BCUT2D eigenvalue weighted by Gasteiger charge is 2.36. The van der Waals surface area contributed by atoms with Crippen molar-refractivity contribution in [2.45, 2.75) is 31.3 Å². The summed E-state index contributed by atoms with van der Waals surface area (Å²) in [7, 11) is 3.18. The van der Waals surface area contributed by atoms with Crippen molar-refractivity contribution in [1.82, 2.24) is 9.88 Å². The molecule has 2 atom stereocenters. The van der Waals surface area contributed by atoms with Gasteiger partial charge in [-0.1, -0.05) is 28.4 Å². The molecule has 0 aliphatic carbocycles. The molecule has 2 aromatic rings. The number of piperidine rings is 1. The SMILES string of the molecule is COc1cc(Br)c(C(c2ccccn2)N2CCCCC2C(=O)O)cc1OC. The lowest BCUT2D eigenvalue weighted by atomic mass is 9.94. The van der Waals surface area contributed by atoms with Gasteiger partial charge in [-0.15, -0.1) is 0 Å². The quantitative estimate of drug-likeness (QED) is 0.743. The van der Waals surface area contributed by atoms with Gasteiger partial charge in [0.15, 0.2) is 11.5 Å². The van der Waals surface area contributed by atoms with Crippen LogP contribution in [0.3, 0.4) is 0 Å². The number of rotatable bonds is 6. The smallest absolute Gasteiger partial charge is 0.320 e. The van der Waals surface area contributed by atoms with Crippen LogP contribution in [-0.4, -0.2) is 47.8 Å². The first kappa shape index (κ1) is 19.6. The summed E-state index contributed by atoms with van der Waals surface area (Å²) >= 11 is 3.64. The zero-order valence-corrected chi connectivity index (χ0v) is 17.0. The fraction of sp³-hybridized carbons (Fsp3) is 0.400. The maximum absolute atomic E-state index is 11.9. The third-order valence-electron chi connectivity index (χ3n) is 4.93. The lowest BCUT2D eigenvalue weighted by Gasteiger charge is -2.39. The standard InChI is InChI=1S/C20H23BrN2O4/c1-26-17-11-13(14(21)12-18(17)27-2)19(15-7-3-5-9-22-15)23-10-6-4-8-16(23)20(24)25/h3,5,7,9,11-12,16,19H,4,6,8,10H2,1-2H3,(H,24,25). The normalized spacial score (nSPS) is 18.7. The Morgan fingerprint density at radius 3 is 2.63 bits per heavy atom. The Morgan fingerprint density at radius 2 is 2.00 bits per heavy atom. The molecule has 27 heavy (non-hydrogen) atoms. The Balaban J connectivity index is 2.15. The Morgan fingerprint density at radius 1 is 1.26 bits per heavy atom. The highest BCUT2D eigenvalue weighted by Crippen LogP contribution is 2.41. The third-order valence-corrected chi connectivity index (χ3v) is 5.61. The second kappa shape index (κ2) is 8.71. The van der Waals surface area contributed by atoms with E-state index in [9.17, 15) is 9.90 Å². The summed E-state index contributed by atoms with van der Waals surface area (Å²) in [5, 5.41) is 9.79. The fourth-order valence-corrected chi connectivity index (χ4v) is 4.19. The number of aliphatic carboxylic acids is 1. The van der Waals surface area contributed by atoms with Crippen LogP contribution in [0.4, 0.5) is 0 Å². The zero-order chi connectivity index (χ0) is 19.4. The molecular formula is C20H23BrN2O4. The first-order chi connectivity index (χ1) is 13.1. The number of aromatic nitrogens is 1. The molecule has 1 aromatic heterocycles. The van der Waals surface area contributed by atoms with Gasteiger partial charge in [-0.25, -0.2) is 0 Å². The Hall–Kier alpha value is -2.12. The van der Waals surface area contributed by atoms with Gasteiger partial charge >= 0.3 is 5.97 Å². The molecule has 0 bridgehead atoms. The van der Waals surface area contributed by atoms with E-state index in [4.69, 9.17) is 9.47 Å². The molecule has 6 nitrogen and oxygen atoms in total. The Kier molecular flexibility index (Phi) is 6.34. The molecule has 144 valence electrons. The second-order valence-corrected chi connectivity index (χ2v) is 7.33. The van der Waals surface area contributed by atoms with Crippen LogP contribution in [0.2, 0.25) is 0 Å². The van der Waals surface area contributed by atoms with Crippen LogP contribution in [0.15, 0.2) is 41.0 Å². The topological polar surface area (TPSA) is 71.9 Å². The fourth-order valence-electron chi connectivity index (χ4n) is 3.65. The molecule has 2 unspecified atom stereocenters. The number of carbonyl (C=O) groups is 1. The highest BCUT2D eigenvalue weighted by atomic mass is 79.9. The number of hydrogen-bond donors (Lipinski definition) is 1. The van der Waals surface area contributed by atoms with E-state index in [0.29, 0.717) is 24.5 Å². The first-order valence-corrected chi connectivity index (χ1v) is 9.67. The number of carboxylic acids is 1. The van der Waals surface area contributed by atoms with E-state index in [1.54, 1.807) is 20.4 Å². The van der Waals surface area contributed by atoms with Gasteiger partial charge in [0.1, 0.15) is 6.04 Å². The lowest BCUT2D eigenvalue weighted by molar-refractivity contribution is -0.145. The minimum atomic E-state index is -0.799. The van der Waals surface area contributed by atoms with Crippen LogP contribution >= 0.6 is 15.9 Å². The van der Waals surface area contributed by atoms with Crippen LogP contribution in [0.1, 0.15) is 36.6 Å². The number of hydrogen-bond acceptors (Lipinski definition) is 5. The van der Waals surface area contributed by atoms with Crippen LogP contribution in [0.25, 0.3) is 0 Å². The molecule has 3 rings (SSSR count). The summed E-state index contributed by atoms with van der Waals surface area (Å²) in [6.45, 7) is 0.693. The van der Waals surface area contributed by atoms with Gasteiger partial charge in [0.2, 0.25) is 0 Å². The molecule has 0 saturated carbocycles. The van der Waals surface area contributed by atoms with Gasteiger partial charge in [-0.3, -0.25) is 14.7 Å². The Bertz CT molecular complexity index is 800. The molecule has 1 saturated heterocycles. The Labute approximate surface area is 167 Å². The molecule has 0 radical (unpaired) electrons. The summed E-state index contributed by atoms with van der Waals surface area (Å²) in [6, 6.07) is 8.60. The largest absolute Gasteiger partial charge is 0.493 e. The summed E-state index contributed by atoms with van der Waals surface area (Å²) in [4.78, 5) is 18.5. The van der Waals surface area contributed by atoms with Crippen molar-refractivity contribution in [3.05, 3.63) is 52.3 Å². The minimum Gasteiger partial charge on any atom is -0.493 e. The molecule has 1 aromatic carbocycles. The van der Waals surface area contributed by atoms with E-state index in [1.165, 1.54) is 0 Å². The van der Waals surface area contributed by atoms with Crippen molar-refractivity contribution in [3.63, 3.8) is 0 Å². The summed E-state index contributed by atoms with van der Waals surface area (Å²) in [6.07, 6.45) is 4.23. The van der Waals surface area contributed by atoms with Crippen molar-refractivity contribution in [1.29, 1.82) is 0 Å². The number of methoxy groups -OCH3 is 2. The van der Waals surface area contributed by atoms with Crippen molar-refractivity contribution >= 4 is 21.9 Å². The average molecular weight is 435 g/mol. The van der Waals surface area contributed by atoms with Gasteiger partial charge in [0.25, 0.3) is 0 Å². The molecule has 1 aliphatic heterocycles. The van der Waals surface area contributed by atoms with Crippen LogP contribution in [0, 0.1) is 0 Å². The maximum atomic E-state index is 11.9. The molecule has 1 fully saturated rings. The van der Waals surface area contributed by atoms with E-state index in [1.807, 2.05) is 35.2 Å². The summed E-state index contributed by atoms with van der Waals surface area (Å²) in [5.41, 5.74) is 1.71. The predicted molar refractivity (Wildman–Crippen MR) is 105 cm³/mol. The van der Waals surface area contributed by atoms with Crippen LogP contribution < -0.4 is 9.47 Å². The molecule has 1 aliphatic rings. The summed E-state index contributed by atoms with van der Waals surface area (Å²) in [5.74, 6) is 0.411. The van der Waals surface area contributed by atoms with E-state index in [0.717, 1.165) is 28.6 Å². The molecule has 7 heteroatoms. The number of ether oxygens (including phenoxy) is 2. The number of carboxylic acid groups (broad SMARTS) is 1. The molecule has 0 spiro atoms. The van der Waals surface area contributed by atoms with Gasteiger partial charge in [0, 0.05) is 10.7 Å². The van der Waals surface area contributed by atoms with Gasteiger partial charge in [-0.2, -0.15) is 0 Å².